The lowest BCUT2D eigenvalue weighted by molar-refractivity contribution is -0.143. The number of carboxylic acid groups (broad SMARTS) is 1. The van der Waals surface area contributed by atoms with Gasteiger partial charge in [-0.15, -0.1) is 0 Å². The number of hydrogen-bond donors (Lipinski definition) is 2. The fraction of sp³-hybridized carbons (Fsp3) is 0.276. The fourth-order valence-corrected chi connectivity index (χ4v) is 5.92. The molecule has 1 spiro atoms. The first-order valence-corrected chi connectivity index (χ1v) is 11.8. The quantitative estimate of drug-likeness (QED) is 0.370. The number of benzene rings is 3. The van der Waals surface area contributed by atoms with Gasteiger partial charge < -0.3 is 19.5 Å². The van der Waals surface area contributed by atoms with E-state index in [-0.39, 0.29) is 28.5 Å². The number of rotatable bonds is 3. The lowest BCUT2D eigenvalue weighted by atomic mass is 9.61. The number of aromatic hydroxyl groups is 1. The van der Waals surface area contributed by atoms with Crippen LogP contribution in [0.25, 0.3) is 16.6 Å². The van der Waals surface area contributed by atoms with E-state index in [0.29, 0.717) is 6.61 Å². The summed E-state index contributed by atoms with van der Waals surface area (Å²) < 4.78 is 22.5. The standard InChI is InChI=1S/C29H26FNO4/c1-28(2)16-35-29(14-19(15-29)17-6-8-18(9-7-17)27(33)34)25-24-22(4-3-5-23(24)32)31(26(25)28)21-12-10-20(30)11-13-21/h3-13,19,32H,14-16H2,1-2H3,(H,33,34). The summed E-state index contributed by atoms with van der Waals surface area (Å²) in [4.78, 5) is 11.2. The van der Waals surface area contributed by atoms with Gasteiger partial charge in [0.05, 0.1) is 23.3 Å². The monoisotopic (exact) mass is 471 g/mol. The minimum atomic E-state index is -0.937. The Hall–Kier alpha value is -3.64. The van der Waals surface area contributed by atoms with Crippen LogP contribution in [0, 0.1) is 5.82 Å². The topological polar surface area (TPSA) is 71.7 Å². The summed E-state index contributed by atoms with van der Waals surface area (Å²) in [7, 11) is 0. The molecule has 0 bridgehead atoms. The number of nitrogens with zero attached hydrogens (tertiary/aromatic N) is 1. The first-order chi connectivity index (χ1) is 16.7. The lowest BCUT2D eigenvalue weighted by Crippen LogP contribution is -2.50. The van der Waals surface area contributed by atoms with Crippen molar-refractivity contribution in [1.29, 1.82) is 0 Å². The second-order valence-electron chi connectivity index (χ2n) is 10.4. The van der Waals surface area contributed by atoms with Crippen LogP contribution in [0.4, 0.5) is 4.39 Å². The van der Waals surface area contributed by atoms with Crippen molar-refractivity contribution < 1.29 is 24.1 Å². The molecule has 2 aliphatic rings. The number of aromatic carboxylic acids is 1. The third-order valence-electron chi connectivity index (χ3n) is 7.64. The van der Waals surface area contributed by atoms with Gasteiger partial charge in [0.1, 0.15) is 11.6 Å². The van der Waals surface area contributed by atoms with Crippen molar-refractivity contribution in [1.82, 2.24) is 4.57 Å². The molecule has 178 valence electrons. The van der Waals surface area contributed by atoms with E-state index in [2.05, 4.69) is 18.4 Å². The summed E-state index contributed by atoms with van der Waals surface area (Å²) in [5.74, 6) is -0.804. The van der Waals surface area contributed by atoms with Gasteiger partial charge in [0, 0.05) is 27.7 Å². The Kier molecular flexibility index (Phi) is 4.64. The zero-order chi connectivity index (χ0) is 24.5. The predicted octanol–water partition coefficient (Wildman–Crippen LogP) is 6.25. The van der Waals surface area contributed by atoms with E-state index in [4.69, 9.17) is 4.74 Å². The van der Waals surface area contributed by atoms with E-state index < -0.39 is 11.6 Å². The molecule has 0 atom stereocenters. The Morgan fingerprint density at radius 2 is 1.71 bits per heavy atom. The molecule has 6 heteroatoms. The Bertz CT molecular complexity index is 1460. The van der Waals surface area contributed by atoms with Crippen molar-refractivity contribution in [2.45, 2.75) is 43.6 Å². The third kappa shape index (κ3) is 3.20. The molecule has 1 aliphatic heterocycles. The lowest BCUT2D eigenvalue weighted by Gasteiger charge is -2.53. The summed E-state index contributed by atoms with van der Waals surface area (Å²) in [6.45, 7) is 4.79. The highest BCUT2D eigenvalue weighted by atomic mass is 19.1. The molecule has 6 rings (SSSR count). The molecule has 2 N–H and O–H groups in total. The Morgan fingerprint density at radius 3 is 2.37 bits per heavy atom. The van der Waals surface area contributed by atoms with Crippen LogP contribution >= 0.6 is 0 Å². The predicted molar refractivity (Wildman–Crippen MR) is 131 cm³/mol. The van der Waals surface area contributed by atoms with Crippen LogP contribution in [0.5, 0.6) is 5.75 Å². The summed E-state index contributed by atoms with van der Waals surface area (Å²) in [5.41, 5.74) is 4.26. The van der Waals surface area contributed by atoms with Gasteiger partial charge in [-0.2, -0.15) is 0 Å². The molecule has 1 aliphatic carbocycles. The number of carboxylic acids is 1. The van der Waals surface area contributed by atoms with Crippen molar-refractivity contribution >= 4 is 16.9 Å². The SMILES string of the molecule is CC1(C)COC2(CC(c3ccc(C(=O)O)cc3)C2)c2c1n(-c1ccc(F)cc1)c1cccc(O)c21. The number of phenolic OH excluding ortho intramolecular Hbond substituents is 1. The van der Waals surface area contributed by atoms with Crippen molar-refractivity contribution in [2.75, 3.05) is 6.61 Å². The molecule has 2 heterocycles. The maximum absolute atomic E-state index is 13.8. The summed E-state index contributed by atoms with van der Waals surface area (Å²) >= 11 is 0. The number of ether oxygens (including phenoxy) is 1. The average Bonchev–Trinajstić information content (AvgIpc) is 3.17. The van der Waals surface area contributed by atoms with Crippen LogP contribution in [0.15, 0.2) is 66.7 Å². The van der Waals surface area contributed by atoms with E-state index in [1.807, 2.05) is 24.3 Å². The van der Waals surface area contributed by atoms with Crippen LogP contribution in [0.3, 0.4) is 0 Å². The van der Waals surface area contributed by atoms with Crippen LogP contribution in [0.1, 0.15) is 59.8 Å². The highest BCUT2D eigenvalue weighted by molar-refractivity contribution is 5.94. The van der Waals surface area contributed by atoms with Gasteiger partial charge >= 0.3 is 5.97 Å². The maximum Gasteiger partial charge on any atom is 0.335 e. The molecule has 3 aromatic carbocycles. The molecular formula is C29H26FNO4. The van der Waals surface area contributed by atoms with Crippen LogP contribution in [-0.2, 0) is 15.8 Å². The molecule has 0 amide bonds. The van der Waals surface area contributed by atoms with E-state index in [1.54, 1.807) is 30.3 Å². The normalized spacial score (nSPS) is 22.7. The van der Waals surface area contributed by atoms with Gasteiger partial charge in [0.15, 0.2) is 0 Å². The van der Waals surface area contributed by atoms with Crippen molar-refractivity contribution in [3.05, 3.63) is 94.9 Å². The zero-order valence-corrected chi connectivity index (χ0v) is 19.6. The van der Waals surface area contributed by atoms with Crippen LogP contribution in [0.2, 0.25) is 0 Å². The number of fused-ring (bicyclic) bond motifs is 4. The first-order valence-electron chi connectivity index (χ1n) is 11.8. The molecular weight excluding hydrogens is 445 g/mol. The van der Waals surface area contributed by atoms with E-state index in [0.717, 1.165) is 46.3 Å². The summed E-state index contributed by atoms with van der Waals surface area (Å²) in [6.07, 6.45) is 1.47. The van der Waals surface area contributed by atoms with Gasteiger partial charge in [-0.3, -0.25) is 0 Å². The number of hydrogen-bond acceptors (Lipinski definition) is 3. The van der Waals surface area contributed by atoms with Crippen molar-refractivity contribution in [3.8, 4) is 11.4 Å². The molecule has 5 nitrogen and oxygen atoms in total. The maximum atomic E-state index is 13.8. The van der Waals surface area contributed by atoms with Crippen LogP contribution in [-0.4, -0.2) is 27.4 Å². The van der Waals surface area contributed by atoms with E-state index in [9.17, 15) is 19.4 Å². The Morgan fingerprint density at radius 1 is 1.03 bits per heavy atom. The third-order valence-corrected chi connectivity index (χ3v) is 7.64. The smallest absolute Gasteiger partial charge is 0.335 e. The number of halogens is 1. The van der Waals surface area contributed by atoms with Crippen molar-refractivity contribution in [2.24, 2.45) is 0 Å². The largest absolute Gasteiger partial charge is 0.507 e. The summed E-state index contributed by atoms with van der Waals surface area (Å²) in [5, 5.41) is 21.0. The first kappa shape index (κ1) is 21.9. The molecule has 1 saturated carbocycles. The highest BCUT2D eigenvalue weighted by Crippen LogP contribution is 2.61. The average molecular weight is 472 g/mol. The highest BCUT2D eigenvalue weighted by Gasteiger charge is 2.55. The minimum absolute atomic E-state index is 0.203. The van der Waals surface area contributed by atoms with Gasteiger partial charge in [0.2, 0.25) is 0 Å². The Labute approximate surface area is 202 Å². The molecule has 0 saturated heterocycles. The molecule has 35 heavy (non-hydrogen) atoms. The molecule has 0 unspecified atom stereocenters. The molecule has 1 fully saturated rings. The fourth-order valence-electron chi connectivity index (χ4n) is 5.92. The van der Waals surface area contributed by atoms with Gasteiger partial charge in [-0.25, -0.2) is 9.18 Å². The molecule has 0 radical (unpaired) electrons. The van der Waals surface area contributed by atoms with Gasteiger partial charge in [0.25, 0.3) is 0 Å². The second kappa shape index (κ2) is 7.43. The Balaban J connectivity index is 1.51. The van der Waals surface area contributed by atoms with Crippen LogP contribution < -0.4 is 0 Å². The zero-order valence-electron chi connectivity index (χ0n) is 19.6. The van der Waals surface area contributed by atoms with E-state index >= 15 is 0 Å². The van der Waals surface area contributed by atoms with E-state index in [1.165, 1.54) is 12.1 Å². The summed E-state index contributed by atoms with van der Waals surface area (Å²) in [6, 6.07) is 19.0. The minimum Gasteiger partial charge on any atom is -0.507 e. The van der Waals surface area contributed by atoms with Gasteiger partial charge in [-0.05, 0) is 72.9 Å². The number of carbonyl (C=O) groups is 1. The molecule has 4 aromatic rings. The van der Waals surface area contributed by atoms with Gasteiger partial charge in [-0.1, -0.05) is 32.0 Å². The second-order valence-corrected chi connectivity index (χ2v) is 10.4. The number of phenols is 1. The number of aromatic nitrogens is 1. The molecule has 1 aromatic heterocycles. The van der Waals surface area contributed by atoms with Crippen molar-refractivity contribution in [3.63, 3.8) is 0 Å².